The highest BCUT2D eigenvalue weighted by Gasteiger charge is 2.46. The van der Waals surface area contributed by atoms with Gasteiger partial charge < -0.3 is 5.11 Å². The molecule has 3 heteroatoms. The molecule has 2 nitrogen and oxygen atoms in total. The molecule has 0 unspecified atom stereocenters. The Hall–Kier alpha value is -2.44. The van der Waals surface area contributed by atoms with Crippen LogP contribution < -0.4 is 15.9 Å². The molecule has 0 amide bonds. The summed E-state index contributed by atoms with van der Waals surface area (Å²) in [5.41, 5.74) is 0.426. The number of hydrogen-bond donors (Lipinski definition) is 1. The van der Waals surface area contributed by atoms with Gasteiger partial charge in [0.2, 0.25) is 0 Å². The molecule has 1 N–H and O–H groups in total. The van der Waals surface area contributed by atoms with Gasteiger partial charge >= 0.3 is 5.97 Å². The van der Waals surface area contributed by atoms with E-state index in [4.69, 9.17) is 0 Å². The van der Waals surface area contributed by atoms with Gasteiger partial charge in [-0.1, -0.05) is 68.3 Å². The molecule has 0 radical (unpaired) electrons. The summed E-state index contributed by atoms with van der Waals surface area (Å²) in [7, 11) is -2.06. The van der Waals surface area contributed by atoms with Gasteiger partial charge in [-0.2, -0.15) is 0 Å². The molecule has 0 saturated heterocycles. The first kappa shape index (κ1) is 19.3. The van der Waals surface area contributed by atoms with E-state index >= 15 is 0 Å². The van der Waals surface area contributed by atoms with Gasteiger partial charge in [0.05, 0.1) is 6.16 Å². The van der Waals surface area contributed by atoms with Crippen LogP contribution >= 0.6 is 7.26 Å². The van der Waals surface area contributed by atoms with Crippen LogP contribution in [0.1, 0.15) is 36.5 Å². The zero-order valence-electron chi connectivity index (χ0n) is 15.7. The first-order valence-electron chi connectivity index (χ1n) is 9.52. The SMILES string of the molecule is CCCCC[P+](c1ccccc1)(c1ccccc1)c1ccccc1C(=O)O. The van der Waals surface area contributed by atoms with Crippen molar-refractivity contribution in [2.24, 2.45) is 0 Å². The highest BCUT2D eigenvalue weighted by molar-refractivity contribution is 7.95. The number of hydrogen-bond acceptors (Lipinski definition) is 1. The van der Waals surface area contributed by atoms with Crippen molar-refractivity contribution in [3.8, 4) is 0 Å². The van der Waals surface area contributed by atoms with E-state index in [0.717, 1.165) is 30.7 Å². The third-order valence-corrected chi connectivity index (χ3v) is 9.60. The Morgan fingerprint density at radius 2 is 1.30 bits per heavy atom. The van der Waals surface area contributed by atoms with Crippen molar-refractivity contribution in [1.82, 2.24) is 0 Å². The van der Waals surface area contributed by atoms with E-state index < -0.39 is 13.2 Å². The maximum atomic E-state index is 12.1. The lowest BCUT2D eigenvalue weighted by Gasteiger charge is -2.28. The molecule has 0 atom stereocenters. The Bertz CT molecular complexity index is 836. The Kier molecular flexibility index (Phi) is 6.42. The second-order valence-corrected chi connectivity index (χ2v) is 10.3. The lowest BCUT2D eigenvalue weighted by atomic mass is 10.2. The fourth-order valence-electron chi connectivity index (χ4n) is 3.76. The van der Waals surface area contributed by atoms with Gasteiger partial charge in [-0.05, 0) is 42.8 Å². The van der Waals surface area contributed by atoms with Gasteiger partial charge in [-0.3, -0.25) is 0 Å². The predicted molar refractivity (Wildman–Crippen MR) is 116 cm³/mol. The van der Waals surface area contributed by atoms with Crippen LogP contribution in [0.4, 0.5) is 0 Å². The summed E-state index contributed by atoms with van der Waals surface area (Å²) in [6, 6.07) is 28.6. The Morgan fingerprint density at radius 3 is 1.81 bits per heavy atom. The molecule has 0 aliphatic heterocycles. The van der Waals surface area contributed by atoms with Gasteiger partial charge in [0.15, 0.2) is 0 Å². The van der Waals surface area contributed by atoms with Crippen LogP contribution in [0.25, 0.3) is 0 Å². The van der Waals surface area contributed by atoms with Gasteiger partial charge in [0.25, 0.3) is 0 Å². The highest BCUT2D eigenvalue weighted by Crippen LogP contribution is 2.56. The highest BCUT2D eigenvalue weighted by atomic mass is 31.2. The maximum absolute atomic E-state index is 12.1. The fraction of sp³-hybridized carbons (Fsp3) is 0.208. The molecule has 0 fully saturated rings. The minimum atomic E-state index is -2.06. The average molecular weight is 377 g/mol. The lowest BCUT2D eigenvalue weighted by Crippen LogP contribution is -2.36. The zero-order chi connectivity index (χ0) is 19.1. The standard InChI is InChI=1S/C24H25O2P/c1-2-3-12-19-27(20-13-6-4-7-14-20,21-15-8-5-9-16-21)23-18-11-10-17-22(23)24(25)26/h4-11,13-18H,2-3,12,19H2,1H3/p+1. The van der Waals surface area contributed by atoms with E-state index in [0.29, 0.717) is 5.56 Å². The summed E-state index contributed by atoms with van der Waals surface area (Å²) in [6.45, 7) is 2.20. The first-order chi connectivity index (χ1) is 13.2. The Balaban J connectivity index is 2.32. The largest absolute Gasteiger partial charge is 0.478 e. The van der Waals surface area contributed by atoms with Crippen LogP contribution in [-0.2, 0) is 0 Å². The van der Waals surface area contributed by atoms with Gasteiger partial charge in [-0.15, -0.1) is 0 Å². The Morgan fingerprint density at radius 1 is 0.778 bits per heavy atom. The lowest BCUT2D eigenvalue weighted by molar-refractivity contribution is 0.0698. The molecule has 0 aliphatic carbocycles. The molecule has 0 aromatic heterocycles. The van der Waals surface area contributed by atoms with Gasteiger partial charge in [0, 0.05) is 0 Å². The topological polar surface area (TPSA) is 37.3 Å². The van der Waals surface area contributed by atoms with Crippen molar-refractivity contribution in [2.45, 2.75) is 26.2 Å². The summed E-state index contributed by atoms with van der Waals surface area (Å²) in [5, 5.41) is 13.4. The van der Waals surface area contributed by atoms with Crippen molar-refractivity contribution in [3.05, 3.63) is 90.5 Å². The average Bonchev–Trinajstić information content (AvgIpc) is 2.73. The van der Waals surface area contributed by atoms with Crippen LogP contribution in [0.5, 0.6) is 0 Å². The number of aromatic carboxylic acids is 1. The van der Waals surface area contributed by atoms with Crippen molar-refractivity contribution in [2.75, 3.05) is 6.16 Å². The molecular weight excluding hydrogens is 351 g/mol. The number of unbranched alkanes of at least 4 members (excludes halogenated alkanes) is 2. The smallest absolute Gasteiger partial charge is 0.339 e. The normalized spacial score (nSPS) is 11.3. The summed E-state index contributed by atoms with van der Waals surface area (Å²) in [4.78, 5) is 12.1. The van der Waals surface area contributed by atoms with Crippen LogP contribution in [0.15, 0.2) is 84.9 Å². The maximum Gasteiger partial charge on any atom is 0.339 e. The second-order valence-electron chi connectivity index (χ2n) is 6.73. The molecule has 27 heavy (non-hydrogen) atoms. The molecule has 0 aliphatic rings. The number of rotatable bonds is 8. The predicted octanol–water partition coefficient (Wildman–Crippen LogP) is 4.87. The van der Waals surface area contributed by atoms with Crippen LogP contribution in [0.3, 0.4) is 0 Å². The first-order valence-corrected chi connectivity index (χ1v) is 11.5. The van der Waals surface area contributed by atoms with Crippen LogP contribution in [0, 0.1) is 0 Å². The number of benzene rings is 3. The zero-order valence-corrected chi connectivity index (χ0v) is 16.6. The fourth-order valence-corrected chi connectivity index (χ4v) is 8.35. The molecular formula is C24H26O2P+. The molecule has 0 saturated carbocycles. The van der Waals surface area contributed by atoms with E-state index in [9.17, 15) is 9.90 Å². The number of carboxylic acids is 1. The van der Waals surface area contributed by atoms with E-state index in [-0.39, 0.29) is 0 Å². The number of carboxylic acid groups (broad SMARTS) is 1. The summed E-state index contributed by atoms with van der Waals surface area (Å²) in [5.74, 6) is -0.850. The molecule has 0 heterocycles. The van der Waals surface area contributed by atoms with Crippen molar-refractivity contribution >= 4 is 29.1 Å². The molecule has 0 spiro atoms. The van der Waals surface area contributed by atoms with Crippen molar-refractivity contribution in [1.29, 1.82) is 0 Å². The number of carbonyl (C=O) groups is 1. The van der Waals surface area contributed by atoms with Crippen molar-refractivity contribution < 1.29 is 9.90 Å². The van der Waals surface area contributed by atoms with E-state index in [1.165, 1.54) is 10.6 Å². The van der Waals surface area contributed by atoms with Crippen LogP contribution in [0.2, 0.25) is 0 Å². The van der Waals surface area contributed by atoms with Crippen molar-refractivity contribution in [3.63, 3.8) is 0 Å². The summed E-state index contributed by atoms with van der Waals surface area (Å²) < 4.78 is 0. The van der Waals surface area contributed by atoms with Gasteiger partial charge in [0.1, 0.15) is 28.7 Å². The van der Waals surface area contributed by atoms with E-state index in [1.807, 2.05) is 30.3 Å². The molecule has 3 aromatic rings. The summed E-state index contributed by atoms with van der Waals surface area (Å²) >= 11 is 0. The van der Waals surface area contributed by atoms with Crippen LogP contribution in [-0.4, -0.2) is 17.2 Å². The van der Waals surface area contributed by atoms with Gasteiger partial charge in [-0.25, -0.2) is 4.79 Å². The van der Waals surface area contributed by atoms with E-state index in [1.54, 1.807) is 6.07 Å². The summed E-state index contributed by atoms with van der Waals surface area (Å²) in [6.07, 6.45) is 4.36. The minimum absolute atomic E-state index is 0.426. The molecule has 3 rings (SSSR count). The minimum Gasteiger partial charge on any atom is -0.478 e. The second kappa shape index (κ2) is 8.97. The Labute approximate surface area is 162 Å². The molecule has 3 aromatic carbocycles. The third-order valence-electron chi connectivity index (χ3n) is 5.04. The molecule has 0 bridgehead atoms. The monoisotopic (exact) mass is 377 g/mol. The van der Waals surface area contributed by atoms with E-state index in [2.05, 4.69) is 55.5 Å². The third kappa shape index (κ3) is 3.96. The molecule has 138 valence electrons. The quantitative estimate of drug-likeness (QED) is 0.449.